The van der Waals surface area contributed by atoms with Crippen molar-refractivity contribution in [2.24, 2.45) is 0 Å². The molecule has 2 aromatic rings. The molecule has 25 heavy (non-hydrogen) atoms. The van der Waals surface area contributed by atoms with Gasteiger partial charge in [-0.05, 0) is 43.3 Å². The summed E-state index contributed by atoms with van der Waals surface area (Å²) in [7, 11) is 1.50. The molecule has 0 atom stereocenters. The first kappa shape index (κ1) is 16.6. The molecule has 2 aromatic carbocycles. The highest BCUT2D eigenvalue weighted by molar-refractivity contribution is 6.31. The second-order valence-corrected chi connectivity index (χ2v) is 5.42. The molecule has 0 aromatic heterocycles. The van der Waals surface area contributed by atoms with E-state index in [4.69, 9.17) is 4.74 Å². The average molecular weight is 344 g/mol. The molecule has 1 heterocycles. The van der Waals surface area contributed by atoms with Gasteiger partial charge in [0.1, 0.15) is 23.1 Å². The third kappa shape index (κ3) is 3.08. The van der Waals surface area contributed by atoms with Gasteiger partial charge in [0.25, 0.3) is 11.8 Å². The zero-order valence-electron chi connectivity index (χ0n) is 13.5. The Hall–Kier alpha value is -3.22. The Morgan fingerprint density at radius 1 is 1.04 bits per heavy atom. The van der Waals surface area contributed by atoms with Crippen LogP contribution in [0.25, 0.3) is 0 Å². The van der Waals surface area contributed by atoms with Crippen LogP contribution in [0.5, 0.6) is 5.75 Å². The summed E-state index contributed by atoms with van der Waals surface area (Å²) in [6.07, 6.45) is 1.09. The van der Waals surface area contributed by atoms with Gasteiger partial charge in [0.15, 0.2) is 0 Å². The van der Waals surface area contributed by atoms with Crippen LogP contribution in [0.4, 0.5) is 20.2 Å². The number of ether oxygens (including phenoxy) is 1. The van der Waals surface area contributed by atoms with Crippen LogP contribution in [0.3, 0.4) is 0 Å². The Kier molecular flexibility index (Phi) is 4.22. The second kappa shape index (κ2) is 6.35. The Labute approximate surface area is 142 Å². The zero-order chi connectivity index (χ0) is 18.1. The van der Waals surface area contributed by atoms with Crippen LogP contribution in [-0.4, -0.2) is 18.9 Å². The third-order valence-corrected chi connectivity index (χ3v) is 3.81. The van der Waals surface area contributed by atoms with Crippen LogP contribution in [0.1, 0.15) is 5.56 Å². The summed E-state index contributed by atoms with van der Waals surface area (Å²) in [6, 6.07) is 8.49. The molecule has 0 saturated heterocycles. The van der Waals surface area contributed by atoms with Crippen LogP contribution in [0.2, 0.25) is 0 Å². The highest BCUT2D eigenvalue weighted by atomic mass is 19.1. The van der Waals surface area contributed by atoms with Crippen molar-refractivity contribution in [1.29, 1.82) is 0 Å². The van der Waals surface area contributed by atoms with Crippen molar-refractivity contribution in [3.05, 3.63) is 65.4 Å². The molecule has 0 radical (unpaired) electrons. The van der Waals surface area contributed by atoms with Crippen molar-refractivity contribution >= 4 is 23.2 Å². The van der Waals surface area contributed by atoms with Gasteiger partial charge in [-0.15, -0.1) is 0 Å². The number of hydrogen-bond donors (Lipinski definition) is 1. The molecule has 3 rings (SSSR count). The number of anilines is 2. The molecule has 2 amide bonds. The number of nitrogens with zero attached hydrogens (tertiary/aromatic N) is 1. The molecule has 0 bridgehead atoms. The van der Waals surface area contributed by atoms with E-state index < -0.39 is 23.4 Å². The number of imide groups is 1. The molecular weight excluding hydrogens is 330 g/mol. The van der Waals surface area contributed by atoms with Gasteiger partial charge < -0.3 is 10.1 Å². The van der Waals surface area contributed by atoms with Crippen molar-refractivity contribution in [2.45, 2.75) is 6.92 Å². The molecule has 1 aliphatic rings. The van der Waals surface area contributed by atoms with Gasteiger partial charge in [-0.25, -0.2) is 13.7 Å². The van der Waals surface area contributed by atoms with Crippen molar-refractivity contribution in [1.82, 2.24) is 0 Å². The number of hydrogen-bond acceptors (Lipinski definition) is 4. The fourth-order valence-electron chi connectivity index (χ4n) is 2.41. The molecule has 7 heteroatoms. The predicted octanol–water partition coefficient (Wildman–Crippen LogP) is 3.15. The minimum atomic E-state index is -0.744. The summed E-state index contributed by atoms with van der Waals surface area (Å²) >= 11 is 0. The number of halogens is 2. The summed E-state index contributed by atoms with van der Waals surface area (Å²) in [5.74, 6) is -2.07. The first-order valence-corrected chi connectivity index (χ1v) is 7.37. The second-order valence-electron chi connectivity index (χ2n) is 5.42. The smallest absolute Gasteiger partial charge is 0.281 e. The van der Waals surface area contributed by atoms with Crippen molar-refractivity contribution in [3.8, 4) is 5.75 Å². The lowest BCUT2D eigenvalue weighted by molar-refractivity contribution is -0.120. The standard InChI is InChI=1S/C18H14F2N2O3/c1-10-14(19)7-11(8-15(10)20)21-16-9-17(23)22(18(16)24)12-3-5-13(25-2)6-4-12/h3-9,21H,1-2H3. The molecule has 1 N–H and O–H groups in total. The van der Waals surface area contributed by atoms with Crippen LogP contribution < -0.4 is 15.0 Å². The largest absolute Gasteiger partial charge is 0.497 e. The maximum atomic E-state index is 13.6. The normalized spacial score (nSPS) is 13.9. The Bertz CT molecular complexity index is 869. The van der Waals surface area contributed by atoms with Gasteiger partial charge in [-0.1, -0.05) is 0 Å². The Morgan fingerprint density at radius 3 is 2.20 bits per heavy atom. The number of carbonyl (C=O) groups is 2. The van der Waals surface area contributed by atoms with Crippen molar-refractivity contribution < 1.29 is 23.1 Å². The van der Waals surface area contributed by atoms with Gasteiger partial charge in [-0.3, -0.25) is 9.59 Å². The van der Waals surface area contributed by atoms with Crippen molar-refractivity contribution in [2.75, 3.05) is 17.3 Å². The minimum Gasteiger partial charge on any atom is -0.497 e. The zero-order valence-corrected chi connectivity index (χ0v) is 13.5. The van der Waals surface area contributed by atoms with E-state index in [0.29, 0.717) is 11.4 Å². The summed E-state index contributed by atoms with van der Waals surface area (Å²) in [4.78, 5) is 25.6. The van der Waals surface area contributed by atoms with E-state index in [0.717, 1.165) is 23.1 Å². The molecular formula is C18H14F2N2O3. The molecule has 0 fully saturated rings. The predicted molar refractivity (Wildman–Crippen MR) is 88.3 cm³/mol. The first-order chi connectivity index (χ1) is 11.9. The van der Waals surface area contributed by atoms with Gasteiger partial charge in [0.05, 0.1) is 12.8 Å². The van der Waals surface area contributed by atoms with Crippen LogP contribution in [0.15, 0.2) is 48.2 Å². The van der Waals surface area contributed by atoms with Gasteiger partial charge in [0.2, 0.25) is 0 Å². The Balaban J connectivity index is 1.84. The van der Waals surface area contributed by atoms with E-state index >= 15 is 0 Å². The van der Waals surface area contributed by atoms with E-state index in [-0.39, 0.29) is 16.9 Å². The first-order valence-electron chi connectivity index (χ1n) is 7.37. The summed E-state index contributed by atoms with van der Waals surface area (Å²) in [5, 5.41) is 2.60. The van der Waals surface area contributed by atoms with E-state index in [9.17, 15) is 18.4 Å². The van der Waals surface area contributed by atoms with E-state index in [1.807, 2.05) is 0 Å². The fraction of sp³-hybridized carbons (Fsp3) is 0.111. The molecule has 1 aliphatic heterocycles. The molecule has 0 unspecified atom stereocenters. The van der Waals surface area contributed by atoms with E-state index in [1.54, 1.807) is 24.3 Å². The lowest BCUT2D eigenvalue weighted by Crippen LogP contribution is -2.31. The molecule has 0 spiro atoms. The Morgan fingerprint density at radius 2 is 1.64 bits per heavy atom. The van der Waals surface area contributed by atoms with Crippen LogP contribution >= 0.6 is 0 Å². The number of nitrogens with one attached hydrogen (secondary N) is 1. The van der Waals surface area contributed by atoms with Gasteiger partial charge in [-0.2, -0.15) is 0 Å². The maximum Gasteiger partial charge on any atom is 0.281 e. The number of carbonyl (C=O) groups excluding carboxylic acids is 2. The number of methoxy groups -OCH3 is 1. The summed E-state index contributed by atoms with van der Waals surface area (Å²) in [5.41, 5.74) is 0.228. The monoisotopic (exact) mass is 344 g/mol. The van der Waals surface area contributed by atoms with Crippen LogP contribution in [0, 0.1) is 18.6 Å². The molecule has 0 aliphatic carbocycles. The average Bonchev–Trinajstić information content (AvgIpc) is 2.86. The van der Waals surface area contributed by atoms with Gasteiger partial charge >= 0.3 is 0 Å². The van der Waals surface area contributed by atoms with E-state index in [1.165, 1.54) is 14.0 Å². The van der Waals surface area contributed by atoms with Crippen molar-refractivity contribution in [3.63, 3.8) is 0 Å². The number of amides is 2. The lowest BCUT2D eigenvalue weighted by atomic mass is 10.2. The third-order valence-electron chi connectivity index (χ3n) is 3.81. The number of rotatable bonds is 4. The molecule has 128 valence electrons. The highest BCUT2D eigenvalue weighted by Gasteiger charge is 2.32. The minimum absolute atomic E-state index is 0.0459. The maximum absolute atomic E-state index is 13.6. The lowest BCUT2D eigenvalue weighted by Gasteiger charge is -2.16. The van der Waals surface area contributed by atoms with Crippen LogP contribution in [-0.2, 0) is 9.59 Å². The summed E-state index contributed by atoms with van der Waals surface area (Å²) in [6.45, 7) is 1.31. The number of benzene rings is 2. The highest BCUT2D eigenvalue weighted by Crippen LogP contribution is 2.26. The topological polar surface area (TPSA) is 58.6 Å². The fourth-order valence-corrected chi connectivity index (χ4v) is 2.41. The SMILES string of the molecule is COc1ccc(N2C(=O)C=C(Nc3cc(F)c(C)c(F)c3)C2=O)cc1. The summed E-state index contributed by atoms with van der Waals surface area (Å²) < 4.78 is 32.3. The van der Waals surface area contributed by atoms with E-state index in [2.05, 4.69) is 5.32 Å². The molecule has 5 nitrogen and oxygen atoms in total. The van der Waals surface area contributed by atoms with Gasteiger partial charge in [0, 0.05) is 17.3 Å². The molecule has 0 saturated carbocycles. The quantitative estimate of drug-likeness (QED) is 0.866.